The highest BCUT2D eigenvalue weighted by Gasteiger charge is 2.19. The number of aliphatic carboxylic acids is 1. The molecule has 82 valence electrons. The number of hydrogen-bond donors (Lipinski definition) is 3. The largest absolute Gasteiger partial charge is 0.494 e. The average molecular weight is 219 g/mol. The molecule has 0 unspecified atom stereocenters. The van der Waals surface area contributed by atoms with Gasteiger partial charge in [-0.2, -0.15) is 0 Å². The number of carbonyl (C=O) groups is 2. The first-order valence-electron chi connectivity index (χ1n) is 4.64. The molecule has 5 heteroatoms. The smallest absolute Gasteiger partial charge is 0.311 e. The van der Waals surface area contributed by atoms with Gasteiger partial charge in [0.05, 0.1) is 5.56 Å². The highest BCUT2D eigenvalue weighted by molar-refractivity contribution is 6.14. The summed E-state index contributed by atoms with van der Waals surface area (Å²) in [5, 5.41) is 18.6. The van der Waals surface area contributed by atoms with Crippen LogP contribution in [0.3, 0.4) is 0 Å². The van der Waals surface area contributed by atoms with Crippen LogP contribution in [0.4, 0.5) is 0 Å². The Morgan fingerprint density at radius 3 is 2.62 bits per heavy atom. The van der Waals surface area contributed by atoms with Crippen molar-refractivity contribution in [2.24, 2.45) is 0 Å². The van der Waals surface area contributed by atoms with Gasteiger partial charge in [0, 0.05) is 10.9 Å². The first-order chi connectivity index (χ1) is 7.59. The van der Waals surface area contributed by atoms with Gasteiger partial charge in [-0.25, -0.2) is 0 Å². The second-order valence-electron chi connectivity index (χ2n) is 3.39. The monoisotopic (exact) mass is 219 g/mol. The van der Waals surface area contributed by atoms with E-state index >= 15 is 0 Å². The van der Waals surface area contributed by atoms with E-state index in [0.717, 1.165) is 0 Å². The number of rotatable bonds is 3. The Morgan fingerprint density at radius 2 is 1.94 bits per heavy atom. The maximum Gasteiger partial charge on any atom is 0.311 e. The predicted octanol–water partition coefficient (Wildman–Crippen LogP) is 1.53. The lowest BCUT2D eigenvalue weighted by Gasteiger charge is -1.96. The van der Waals surface area contributed by atoms with Crippen LogP contribution < -0.4 is 0 Å². The fraction of sp³-hybridized carbons (Fsp3) is 0.0909. The zero-order chi connectivity index (χ0) is 11.7. The van der Waals surface area contributed by atoms with Crippen molar-refractivity contribution in [1.29, 1.82) is 0 Å². The molecule has 0 atom stereocenters. The highest BCUT2D eigenvalue weighted by atomic mass is 16.4. The number of aromatic hydroxyl groups is 1. The lowest BCUT2D eigenvalue weighted by Crippen LogP contribution is -2.06. The molecule has 0 aliphatic rings. The van der Waals surface area contributed by atoms with Gasteiger partial charge in [0.2, 0.25) is 5.88 Å². The Labute approximate surface area is 90.3 Å². The molecular formula is C11H9NO4. The Morgan fingerprint density at radius 1 is 1.25 bits per heavy atom. The Hall–Kier alpha value is -2.30. The number of fused-ring (bicyclic) bond motifs is 1. The molecule has 0 radical (unpaired) electrons. The van der Waals surface area contributed by atoms with Crippen LogP contribution in [0.5, 0.6) is 5.88 Å². The zero-order valence-electron chi connectivity index (χ0n) is 8.23. The number of ketones is 1. The Kier molecular flexibility index (Phi) is 2.36. The Bertz CT molecular complexity index is 570. The quantitative estimate of drug-likeness (QED) is 0.539. The van der Waals surface area contributed by atoms with E-state index in [0.29, 0.717) is 10.9 Å². The summed E-state index contributed by atoms with van der Waals surface area (Å²) in [6.45, 7) is 0. The summed E-state index contributed by atoms with van der Waals surface area (Å²) in [5.74, 6) is -2.11. The van der Waals surface area contributed by atoms with Crippen molar-refractivity contribution >= 4 is 22.7 Å². The van der Waals surface area contributed by atoms with E-state index in [9.17, 15) is 14.7 Å². The minimum atomic E-state index is -1.21. The average Bonchev–Trinajstić information content (AvgIpc) is 2.52. The van der Waals surface area contributed by atoms with Gasteiger partial charge in [-0.15, -0.1) is 0 Å². The van der Waals surface area contributed by atoms with Crippen LogP contribution in [0.15, 0.2) is 24.3 Å². The molecule has 0 amide bonds. The van der Waals surface area contributed by atoms with E-state index in [1.54, 1.807) is 24.3 Å². The van der Waals surface area contributed by atoms with Crippen LogP contribution in [0.1, 0.15) is 16.8 Å². The SMILES string of the molecule is O=C(O)CC(=O)c1c(O)[nH]c2ccccc12. The van der Waals surface area contributed by atoms with Gasteiger partial charge in [-0.1, -0.05) is 18.2 Å². The molecule has 0 saturated heterocycles. The lowest BCUT2D eigenvalue weighted by molar-refractivity contribution is -0.135. The molecule has 5 nitrogen and oxygen atoms in total. The van der Waals surface area contributed by atoms with Crippen LogP contribution in [0.2, 0.25) is 0 Å². The van der Waals surface area contributed by atoms with Gasteiger partial charge >= 0.3 is 5.97 Å². The topological polar surface area (TPSA) is 90.4 Å². The van der Waals surface area contributed by atoms with Crippen LogP contribution in [0.25, 0.3) is 10.9 Å². The third kappa shape index (κ3) is 1.63. The first-order valence-corrected chi connectivity index (χ1v) is 4.64. The van der Waals surface area contributed by atoms with Gasteiger partial charge in [0.25, 0.3) is 0 Å². The minimum absolute atomic E-state index is 0.0398. The minimum Gasteiger partial charge on any atom is -0.494 e. The molecule has 2 aromatic rings. The van der Waals surface area contributed by atoms with E-state index in [1.807, 2.05) is 0 Å². The predicted molar refractivity (Wildman–Crippen MR) is 56.5 cm³/mol. The maximum absolute atomic E-state index is 11.6. The van der Waals surface area contributed by atoms with Crippen molar-refractivity contribution < 1.29 is 19.8 Å². The van der Waals surface area contributed by atoms with E-state index < -0.39 is 18.2 Å². The van der Waals surface area contributed by atoms with Gasteiger partial charge in [0.15, 0.2) is 5.78 Å². The second kappa shape index (κ2) is 3.69. The van der Waals surface area contributed by atoms with Crippen LogP contribution in [0, 0.1) is 0 Å². The van der Waals surface area contributed by atoms with E-state index in [1.165, 1.54) is 0 Å². The van der Waals surface area contributed by atoms with Crippen molar-refractivity contribution in [2.45, 2.75) is 6.42 Å². The summed E-state index contributed by atoms with van der Waals surface area (Å²) in [4.78, 5) is 24.7. The van der Waals surface area contributed by atoms with Gasteiger partial charge < -0.3 is 15.2 Å². The number of aromatic nitrogens is 1. The summed E-state index contributed by atoms with van der Waals surface area (Å²) < 4.78 is 0. The summed E-state index contributed by atoms with van der Waals surface area (Å²) in [6, 6.07) is 6.82. The van der Waals surface area contributed by atoms with Gasteiger partial charge in [0.1, 0.15) is 6.42 Å². The third-order valence-electron chi connectivity index (χ3n) is 2.28. The van der Waals surface area contributed by atoms with E-state index in [4.69, 9.17) is 5.11 Å². The van der Waals surface area contributed by atoms with Crippen LogP contribution >= 0.6 is 0 Å². The molecule has 0 spiro atoms. The maximum atomic E-state index is 11.6. The number of carboxylic acids is 1. The third-order valence-corrected chi connectivity index (χ3v) is 2.28. The van der Waals surface area contributed by atoms with Crippen molar-refractivity contribution in [1.82, 2.24) is 4.98 Å². The molecule has 3 N–H and O–H groups in total. The van der Waals surface area contributed by atoms with Crippen LogP contribution in [-0.4, -0.2) is 26.9 Å². The molecule has 16 heavy (non-hydrogen) atoms. The van der Waals surface area contributed by atoms with Crippen molar-refractivity contribution in [3.63, 3.8) is 0 Å². The molecule has 0 aliphatic heterocycles. The summed E-state index contributed by atoms with van der Waals surface area (Å²) in [7, 11) is 0. The number of Topliss-reactive ketones (excluding diaryl/α,β-unsaturated/α-hetero) is 1. The molecule has 0 saturated carbocycles. The molecule has 1 aromatic heterocycles. The normalized spacial score (nSPS) is 10.5. The fourth-order valence-corrected chi connectivity index (χ4v) is 1.64. The molecule has 2 rings (SSSR count). The fourth-order valence-electron chi connectivity index (χ4n) is 1.64. The van der Waals surface area contributed by atoms with Crippen molar-refractivity contribution in [3.8, 4) is 5.88 Å². The molecule has 1 heterocycles. The Balaban J connectivity index is 2.55. The highest BCUT2D eigenvalue weighted by Crippen LogP contribution is 2.27. The van der Waals surface area contributed by atoms with Gasteiger partial charge in [-0.05, 0) is 6.07 Å². The number of carbonyl (C=O) groups excluding carboxylic acids is 1. The van der Waals surface area contributed by atoms with E-state index in [-0.39, 0.29) is 11.4 Å². The molecule has 0 bridgehead atoms. The number of carboxylic acid groups (broad SMARTS) is 1. The van der Waals surface area contributed by atoms with E-state index in [2.05, 4.69) is 4.98 Å². The number of H-pyrrole nitrogens is 1. The number of hydrogen-bond acceptors (Lipinski definition) is 3. The van der Waals surface area contributed by atoms with Gasteiger partial charge in [-0.3, -0.25) is 9.59 Å². The first kappa shape index (κ1) is 10.2. The lowest BCUT2D eigenvalue weighted by atomic mass is 10.1. The summed E-state index contributed by atoms with van der Waals surface area (Å²) in [6.07, 6.45) is -0.630. The second-order valence-corrected chi connectivity index (χ2v) is 3.39. The molecular weight excluding hydrogens is 210 g/mol. The summed E-state index contributed by atoms with van der Waals surface area (Å²) >= 11 is 0. The number of benzene rings is 1. The molecule has 1 aromatic carbocycles. The number of nitrogens with one attached hydrogen (secondary N) is 1. The van der Waals surface area contributed by atoms with Crippen molar-refractivity contribution in [3.05, 3.63) is 29.8 Å². The van der Waals surface area contributed by atoms with Crippen LogP contribution in [-0.2, 0) is 4.79 Å². The summed E-state index contributed by atoms with van der Waals surface area (Å²) in [5.41, 5.74) is 0.645. The number of aromatic amines is 1. The van der Waals surface area contributed by atoms with Crippen molar-refractivity contribution in [2.75, 3.05) is 0 Å². The number of para-hydroxylation sites is 1. The zero-order valence-corrected chi connectivity index (χ0v) is 8.23. The molecule has 0 fully saturated rings. The molecule has 0 aliphatic carbocycles. The standard InChI is InChI=1S/C11H9NO4/c13-8(5-9(14)15)10-6-3-1-2-4-7(6)12-11(10)16/h1-4,12,16H,5H2,(H,14,15).